The van der Waals surface area contributed by atoms with Gasteiger partial charge in [0, 0.05) is 23.7 Å². The van der Waals surface area contributed by atoms with Gasteiger partial charge in [-0.1, -0.05) is 48.5 Å². The highest BCUT2D eigenvalue weighted by Crippen LogP contribution is 2.16. The Hall–Kier alpha value is -1.74. The Morgan fingerprint density at radius 3 is 2.32 bits per heavy atom. The van der Waals surface area contributed by atoms with Crippen LogP contribution < -0.4 is 0 Å². The molecule has 0 heterocycles. The summed E-state index contributed by atoms with van der Waals surface area (Å²) in [6, 6.07) is 19.5. The fraction of sp³-hybridized carbons (Fsp3) is 0.188. The third-order valence-corrected chi connectivity index (χ3v) is 3.60. The van der Waals surface area contributed by atoms with Crippen molar-refractivity contribution in [3.05, 3.63) is 66.2 Å². The molecule has 1 atom stereocenters. The van der Waals surface area contributed by atoms with Gasteiger partial charge in [0.25, 0.3) is 0 Å². The summed E-state index contributed by atoms with van der Waals surface area (Å²) in [4.78, 5) is 13.9. The van der Waals surface area contributed by atoms with Gasteiger partial charge in [0.1, 0.15) is 0 Å². The molecule has 19 heavy (non-hydrogen) atoms. The van der Waals surface area contributed by atoms with Crippen LogP contribution >= 0.6 is 11.8 Å². The molecule has 2 nitrogen and oxygen atoms in total. The molecule has 98 valence electrons. The average Bonchev–Trinajstić information content (AvgIpc) is 2.53. The van der Waals surface area contributed by atoms with Crippen molar-refractivity contribution in [2.45, 2.75) is 11.4 Å². The Kier molecular flexibility index (Phi) is 4.95. The van der Waals surface area contributed by atoms with E-state index in [1.165, 1.54) is 9.80 Å². The molecule has 0 aromatic heterocycles. The first-order valence-electron chi connectivity index (χ1n) is 6.75. The fourth-order valence-corrected chi connectivity index (χ4v) is 2.55. The minimum absolute atomic E-state index is 0.562. The largest absolute Gasteiger partial charge is 0.340 e. The van der Waals surface area contributed by atoms with E-state index >= 15 is 0 Å². The highest BCUT2D eigenvalue weighted by Gasteiger charge is 2.03. The van der Waals surface area contributed by atoms with Gasteiger partial charge in [-0.3, -0.25) is 4.79 Å². The molecule has 2 rings (SSSR count). The van der Waals surface area contributed by atoms with Crippen LogP contribution in [0.5, 0.6) is 0 Å². The van der Waals surface area contributed by atoms with Gasteiger partial charge in [-0.2, -0.15) is 0 Å². The normalized spacial score (nSPS) is 12.5. The van der Waals surface area contributed by atoms with Gasteiger partial charge in [-0.15, -0.1) is 11.8 Å². The van der Waals surface area contributed by atoms with Gasteiger partial charge in [0.15, 0.2) is 0 Å². The molecule has 0 spiro atoms. The number of thioether (sulfide) groups is 1. The summed E-state index contributed by atoms with van der Waals surface area (Å²) in [5.74, 6) is 0.783. The van der Waals surface area contributed by atoms with Crippen molar-refractivity contribution in [3.63, 3.8) is 0 Å². The Morgan fingerprint density at radius 2 is 1.68 bits per heavy atom. The molecule has 0 radical (unpaired) electrons. The number of carbonyl (C=O) groups excluding carboxylic acids is 1. The molecule has 2 aromatic rings. The van der Waals surface area contributed by atoms with E-state index in [0.29, 0.717) is 6.54 Å². The highest BCUT2D eigenvalue weighted by molar-refractivity contribution is 7.99. The number of rotatable bonds is 7. The molecule has 0 aliphatic heterocycles. The summed E-state index contributed by atoms with van der Waals surface area (Å²) in [7, 11) is 0. The van der Waals surface area contributed by atoms with E-state index in [1.54, 1.807) is 11.8 Å². The Bertz CT molecular complexity index is 521. The predicted octanol–water partition coefficient (Wildman–Crippen LogP) is 3.44. The number of amides is 1. The molecule has 1 unspecified atom stereocenters. The summed E-state index contributed by atoms with van der Waals surface area (Å²) < 4.78 is 8.14. The molecular weight excluding hydrogens is 254 g/mol. The zero-order valence-electron chi connectivity index (χ0n) is 11.6. The lowest BCUT2D eigenvalue weighted by Gasteiger charge is -2.17. The van der Waals surface area contributed by atoms with Crippen LogP contribution in [0.1, 0.15) is 6.93 Å². The Morgan fingerprint density at radius 1 is 1.05 bits per heavy atom. The molecule has 0 saturated heterocycles. The first-order valence-corrected chi connectivity index (χ1v) is 7.16. The molecule has 0 bridgehead atoms. The molecule has 2 aromatic carbocycles. The Labute approximate surface area is 119 Å². The molecule has 0 aliphatic rings. The fourth-order valence-electron chi connectivity index (χ4n) is 1.66. The van der Waals surface area contributed by atoms with Crippen molar-refractivity contribution >= 4 is 18.2 Å². The molecule has 0 aliphatic carbocycles. The van der Waals surface area contributed by atoms with E-state index in [9.17, 15) is 4.79 Å². The third kappa shape index (κ3) is 4.79. The van der Waals surface area contributed by atoms with E-state index in [0.717, 1.165) is 17.7 Å². The van der Waals surface area contributed by atoms with Gasteiger partial charge >= 0.3 is 0 Å². The minimum Gasteiger partial charge on any atom is -0.340 e. The Balaban J connectivity index is 1.88. The number of hydrogen-bond acceptors (Lipinski definition) is 2. The second kappa shape index (κ2) is 7.64. The van der Waals surface area contributed by atoms with E-state index < -0.39 is 6.52 Å². The van der Waals surface area contributed by atoms with Crippen molar-refractivity contribution < 1.29 is 6.17 Å². The van der Waals surface area contributed by atoms with Crippen molar-refractivity contribution in [2.75, 3.05) is 12.3 Å². The monoisotopic (exact) mass is 272 g/mol. The highest BCUT2D eigenvalue weighted by atomic mass is 32.2. The van der Waals surface area contributed by atoms with Crippen molar-refractivity contribution in [1.82, 2.24) is 4.90 Å². The van der Waals surface area contributed by atoms with E-state index in [-0.39, 0.29) is 0 Å². The number of hydrogen-bond donors (Lipinski definition) is 0. The molecular formula is C16H17NOS. The minimum atomic E-state index is -0.634. The van der Waals surface area contributed by atoms with Crippen LogP contribution in [0.4, 0.5) is 0 Å². The first kappa shape index (κ1) is 12.3. The molecule has 0 saturated carbocycles. The lowest BCUT2D eigenvalue weighted by Crippen LogP contribution is -2.23. The van der Waals surface area contributed by atoms with Gasteiger partial charge in [0.05, 0.1) is 1.37 Å². The maximum absolute atomic E-state index is 11.2. The van der Waals surface area contributed by atoms with Crippen molar-refractivity contribution in [3.8, 4) is 0 Å². The van der Waals surface area contributed by atoms with Crippen LogP contribution in [0, 0.1) is 0 Å². The van der Waals surface area contributed by atoms with Crippen LogP contribution in [0.15, 0.2) is 65.6 Å². The average molecular weight is 272 g/mol. The van der Waals surface area contributed by atoms with Gasteiger partial charge in [0.2, 0.25) is 6.41 Å². The van der Waals surface area contributed by atoms with E-state index in [1.807, 2.05) is 60.7 Å². The summed E-state index contributed by atoms with van der Waals surface area (Å²) in [6.07, 6.45) is 0.760. The van der Waals surface area contributed by atoms with E-state index in [2.05, 4.69) is 0 Å². The lowest BCUT2D eigenvalue weighted by molar-refractivity contribution is -0.118. The van der Waals surface area contributed by atoms with Gasteiger partial charge in [-0.25, -0.2) is 0 Å². The molecule has 3 heteroatoms. The van der Waals surface area contributed by atoms with Crippen molar-refractivity contribution in [2.24, 2.45) is 0 Å². The summed E-state index contributed by atoms with van der Waals surface area (Å²) in [6.45, 7) is -0.0726. The van der Waals surface area contributed by atoms with Crippen LogP contribution in [-0.2, 0) is 11.3 Å². The molecule has 1 amide bonds. The van der Waals surface area contributed by atoms with Gasteiger partial charge in [-0.05, 0) is 17.7 Å². The second-order valence-electron chi connectivity index (χ2n) is 4.04. The number of nitrogens with zero attached hydrogens (tertiary/aromatic N) is 1. The van der Waals surface area contributed by atoms with E-state index in [4.69, 9.17) is 1.37 Å². The van der Waals surface area contributed by atoms with Crippen LogP contribution in [-0.4, -0.2) is 23.6 Å². The van der Waals surface area contributed by atoms with Crippen molar-refractivity contribution in [1.29, 1.82) is 0 Å². The zero-order chi connectivity index (χ0) is 14.2. The SMILES string of the molecule is [2H]C(c1ccccc1)N(C=O)CCSc1ccccc1. The van der Waals surface area contributed by atoms with Crippen LogP contribution in [0.3, 0.4) is 0 Å². The maximum atomic E-state index is 11.2. The summed E-state index contributed by atoms with van der Waals surface area (Å²) >= 11 is 1.69. The summed E-state index contributed by atoms with van der Waals surface area (Å²) in [5.41, 5.74) is 0.837. The predicted molar refractivity (Wildman–Crippen MR) is 80.1 cm³/mol. The topological polar surface area (TPSA) is 20.3 Å². The second-order valence-corrected chi connectivity index (χ2v) is 5.21. The summed E-state index contributed by atoms with van der Waals surface area (Å²) in [5, 5.41) is 0. The van der Waals surface area contributed by atoms with Crippen LogP contribution in [0.25, 0.3) is 0 Å². The lowest BCUT2D eigenvalue weighted by atomic mass is 10.2. The smallest absolute Gasteiger partial charge is 0.210 e. The number of benzene rings is 2. The first-order chi connectivity index (χ1) is 9.81. The zero-order valence-corrected chi connectivity index (χ0v) is 11.4. The van der Waals surface area contributed by atoms with Crippen LogP contribution in [0.2, 0.25) is 0 Å². The molecule has 0 fully saturated rings. The standard InChI is InChI=1S/C16H17NOS/c18-14-17(13-15-7-3-1-4-8-15)11-12-19-16-9-5-2-6-10-16/h1-10,14H,11-13H2/i13D. The third-order valence-electron chi connectivity index (χ3n) is 2.61. The number of carbonyl (C=O) groups is 1. The molecule has 0 N–H and O–H groups in total. The van der Waals surface area contributed by atoms with Gasteiger partial charge < -0.3 is 4.90 Å². The quantitative estimate of drug-likeness (QED) is 0.568. The maximum Gasteiger partial charge on any atom is 0.210 e.